The summed E-state index contributed by atoms with van der Waals surface area (Å²) in [5, 5.41) is 0. The van der Waals surface area contributed by atoms with Gasteiger partial charge in [0.25, 0.3) is 0 Å². The second-order valence-electron chi connectivity index (χ2n) is 3.74. The quantitative estimate of drug-likeness (QED) is 0.554. The molecular weight excluding hydrogens is 216 g/mol. The van der Waals surface area contributed by atoms with E-state index in [9.17, 15) is 0 Å². The van der Waals surface area contributed by atoms with Crippen LogP contribution in [0, 0.1) is 0 Å². The van der Waals surface area contributed by atoms with Gasteiger partial charge in [-0.25, -0.2) is 0 Å². The van der Waals surface area contributed by atoms with E-state index in [0.717, 1.165) is 24.5 Å². The van der Waals surface area contributed by atoms with Crippen molar-refractivity contribution in [1.82, 2.24) is 0 Å². The van der Waals surface area contributed by atoms with Gasteiger partial charge in [-0.1, -0.05) is 12.1 Å². The maximum absolute atomic E-state index is 5.95. The van der Waals surface area contributed by atoms with Crippen LogP contribution in [0.5, 0.6) is 0 Å². The highest BCUT2D eigenvalue weighted by Gasteiger charge is 2.06. The maximum Gasteiger partial charge on any atom is 0.0701 e. The van der Waals surface area contributed by atoms with Crippen LogP contribution in [0.3, 0.4) is 0 Å². The Bertz CT molecular complexity index is 318. The third-order valence-corrected chi connectivity index (χ3v) is 2.60. The van der Waals surface area contributed by atoms with Crippen LogP contribution in [-0.4, -0.2) is 40.0 Å². The normalized spacial score (nSPS) is 10.5. The van der Waals surface area contributed by atoms with Gasteiger partial charge in [-0.2, -0.15) is 0 Å². The van der Waals surface area contributed by atoms with E-state index in [1.54, 1.807) is 7.11 Å². The van der Waals surface area contributed by atoms with Crippen molar-refractivity contribution < 1.29 is 9.47 Å². The van der Waals surface area contributed by atoms with Crippen molar-refractivity contribution in [3.8, 4) is 0 Å². The summed E-state index contributed by atoms with van der Waals surface area (Å²) in [6.07, 6.45) is 0. The molecule has 0 bridgehead atoms. The summed E-state index contributed by atoms with van der Waals surface area (Å²) in [4.78, 5) is 2.21. The summed E-state index contributed by atoms with van der Waals surface area (Å²) in [5.74, 6) is 0. The molecule has 0 atom stereocenters. The van der Waals surface area contributed by atoms with Crippen molar-refractivity contribution in [3.05, 3.63) is 24.3 Å². The molecule has 1 aromatic carbocycles. The van der Waals surface area contributed by atoms with Crippen molar-refractivity contribution >= 4 is 11.4 Å². The van der Waals surface area contributed by atoms with E-state index in [1.165, 1.54) is 0 Å². The zero-order valence-electron chi connectivity index (χ0n) is 10.7. The molecule has 4 heteroatoms. The van der Waals surface area contributed by atoms with Crippen molar-refractivity contribution in [2.45, 2.75) is 6.92 Å². The lowest BCUT2D eigenvalue weighted by atomic mass is 10.2. The maximum atomic E-state index is 5.95. The number of rotatable bonds is 8. The molecule has 0 aliphatic carbocycles. The molecule has 0 amide bonds. The van der Waals surface area contributed by atoms with Gasteiger partial charge in [-0.15, -0.1) is 0 Å². The molecule has 0 aliphatic heterocycles. The van der Waals surface area contributed by atoms with E-state index < -0.39 is 0 Å². The number of nitrogens with zero attached hydrogens (tertiary/aromatic N) is 1. The second-order valence-corrected chi connectivity index (χ2v) is 3.74. The molecule has 0 saturated carbocycles. The van der Waals surface area contributed by atoms with E-state index in [1.807, 2.05) is 24.3 Å². The van der Waals surface area contributed by atoms with Crippen LogP contribution < -0.4 is 10.6 Å². The van der Waals surface area contributed by atoms with Gasteiger partial charge < -0.3 is 20.1 Å². The number of ether oxygens (including phenoxy) is 2. The zero-order valence-corrected chi connectivity index (χ0v) is 10.7. The lowest BCUT2D eigenvalue weighted by molar-refractivity contribution is 0.0741. The number of hydrogen-bond acceptors (Lipinski definition) is 4. The molecule has 1 aromatic rings. The molecule has 0 spiro atoms. The zero-order chi connectivity index (χ0) is 12.5. The van der Waals surface area contributed by atoms with E-state index in [-0.39, 0.29) is 0 Å². The molecule has 0 unspecified atom stereocenters. The number of nitrogen functional groups attached to an aromatic ring is 1. The summed E-state index contributed by atoms with van der Waals surface area (Å²) in [5.41, 5.74) is 7.83. The molecule has 96 valence electrons. The average molecular weight is 238 g/mol. The highest BCUT2D eigenvalue weighted by Crippen LogP contribution is 2.21. The smallest absolute Gasteiger partial charge is 0.0701 e. The van der Waals surface area contributed by atoms with E-state index in [2.05, 4.69) is 11.8 Å². The minimum Gasteiger partial charge on any atom is -0.397 e. The van der Waals surface area contributed by atoms with Gasteiger partial charge in [0, 0.05) is 20.2 Å². The third kappa shape index (κ3) is 4.63. The van der Waals surface area contributed by atoms with Crippen LogP contribution in [0.4, 0.5) is 11.4 Å². The largest absolute Gasteiger partial charge is 0.397 e. The molecule has 0 radical (unpaired) electrons. The molecule has 0 aliphatic rings. The number of benzene rings is 1. The van der Waals surface area contributed by atoms with Crippen LogP contribution in [0.2, 0.25) is 0 Å². The Labute approximate surface area is 103 Å². The minimum absolute atomic E-state index is 0.637. The fourth-order valence-electron chi connectivity index (χ4n) is 1.64. The predicted octanol–water partition coefficient (Wildman–Crippen LogP) is 1.76. The summed E-state index contributed by atoms with van der Waals surface area (Å²) in [6.45, 7) is 5.83. The van der Waals surface area contributed by atoms with Crippen LogP contribution >= 0.6 is 0 Å². The Kier molecular flexibility index (Phi) is 6.43. The minimum atomic E-state index is 0.637. The number of methoxy groups -OCH3 is 1. The first-order valence-electron chi connectivity index (χ1n) is 5.95. The number of hydrogen-bond donors (Lipinski definition) is 1. The number of nitrogens with two attached hydrogens (primary N) is 1. The second kappa shape index (κ2) is 7.92. The topological polar surface area (TPSA) is 47.7 Å². The fourth-order valence-corrected chi connectivity index (χ4v) is 1.64. The molecule has 17 heavy (non-hydrogen) atoms. The Hall–Kier alpha value is -1.26. The molecule has 0 fully saturated rings. The Morgan fingerprint density at radius 3 is 2.59 bits per heavy atom. The highest BCUT2D eigenvalue weighted by molar-refractivity contribution is 5.67. The summed E-state index contributed by atoms with van der Waals surface area (Å²) < 4.78 is 10.4. The molecular formula is C13H22N2O2. The van der Waals surface area contributed by atoms with Crippen LogP contribution in [0.1, 0.15) is 6.92 Å². The molecule has 2 N–H and O–H groups in total. The van der Waals surface area contributed by atoms with Gasteiger partial charge in [-0.3, -0.25) is 0 Å². The van der Waals surface area contributed by atoms with Crippen molar-refractivity contribution in [2.75, 3.05) is 50.7 Å². The standard InChI is InChI=1S/C13H22N2O2/c1-3-15(8-9-17-11-10-16-2)13-7-5-4-6-12(13)14/h4-7H,3,8-11,14H2,1-2H3. The SMILES string of the molecule is CCN(CCOCCOC)c1ccccc1N. The molecule has 1 rings (SSSR count). The van der Waals surface area contributed by atoms with Crippen molar-refractivity contribution in [3.63, 3.8) is 0 Å². The summed E-state index contributed by atoms with van der Waals surface area (Å²) in [7, 11) is 1.67. The Morgan fingerprint density at radius 1 is 1.18 bits per heavy atom. The van der Waals surface area contributed by atoms with E-state index in [4.69, 9.17) is 15.2 Å². The molecule has 0 aromatic heterocycles. The Morgan fingerprint density at radius 2 is 1.94 bits per heavy atom. The van der Waals surface area contributed by atoms with Crippen LogP contribution in [0.15, 0.2) is 24.3 Å². The van der Waals surface area contributed by atoms with Gasteiger partial charge in [0.15, 0.2) is 0 Å². The number of likely N-dealkylation sites (N-methyl/N-ethyl adjacent to an activating group) is 1. The van der Waals surface area contributed by atoms with E-state index in [0.29, 0.717) is 19.8 Å². The molecule has 4 nitrogen and oxygen atoms in total. The van der Waals surface area contributed by atoms with Crippen LogP contribution in [0.25, 0.3) is 0 Å². The van der Waals surface area contributed by atoms with Crippen molar-refractivity contribution in [1.29, 1.82) is 0 Å². The van der Waals surface area contributed by atoms with Gasteiger partial charge in [-0.05, 0) is 19.1 Å². The van der Waals surface area contributed by atoms with E-state index >= 15 is 0 Å². The molecule has 0 saturated heterocycles. The van der Waals surface area contributed by atoms with Gasteiger partial charge in [0.1, 0.15) is 0 Å². The predicted molar refractivity (Wildman–Crippen MR) is 71.4 cm³/mol. The van der Waals surface area contributed by atoms with Crippen LogP contribution in [-0.2, 0) is 9.47 Å². The number of anilines is 2. The first-order valence-corrected chi connectivity index (χ1v) is 5.95. The van der Waals surface area contributed by atoms with Crippen molar-refractivity contribution in [2.24, 2.45) is 0 Å². The first-order chi connectivity index (χ1) is 8.29. The highest BCUT2D eigenvalue weighted by atomic mass is 16.5. The Balaban J connectivity index is 2.41. The summed E-state index contributed by atoms with van der Waals surface area (Å²) >= 11 is 0. The monoisotopic (exact) mass is 238 g/mol. The average Bonchev–Trinajstić information content (AvgIpc) is 2.35. The fraction of sp³-hybridized carbons (Fsp3) is 0.538. The lowest BCUT2D eigenvalue weighted by Gasteiger charge is -2.24. The first kappa shape index (κ1) is 13.8. The van der Waals surface area contributed by atoms with Gasteiger partial charge in [0.05, 0.1) is 31.2 Å². The summed E-state index contributed by atoms with van der Waals surface area (Å²) in [6, 6.07) is 7.90. The number of para-hydroxylation sites is 2. The van der Waals surface area contributed by atoms with Gasteiger partial charge >= 0.3 is 0 Å². The lowest BCUT2D eigenvalue weighted by Crippen LogP contribution is -2.28. The third-order valence-electron chi connectivity index (χ3n) is 2.60. The van der Waals surface area contributed by atoms with Gasteiger partial charge in [0.2, 0.25) is 0 Å². The molecule has 0 heterocycles.